The van der Waals surface area contributed by atoms with Crippen LogP contribution in [0.1, 0.15) is 15.9 Å². The van der Waals surface area contributed by atoms with Gasteiger partial charge in [0.2, 0.25) is 0 Å². The van der Waals surface area contributed by atoms with Gasteiger partial charge in [-0.25, -0.2) is 0 Å². The van der Waals surface area contributed by atoms with Crippen molar-refractivity contribution in [3.63, 3.8) is 0 Å². The molecular weight excluding hydrogens is 258 g/mol. The highest BCUT2D eigenvalue weighted by atomic mass is 79.9. The number of benzene rings is 1. The van der Waals surface area contributed by atoms with Crippen LogP contribution in [0, 0.1) is 6.92 Å². The maximum Gasteiger partial charge on any atom is 0.255 e. The van der Waals surface area contributed by atoms with Gasteiger partial charge in [-0.05, 0) is 18.6 Å². The molecule has 0 saturated heterocycles. The van der Waals surface area contributed by atoms with Crippen LogP contribution in [-0.4, -0.2) is 34.5 Å². The number of carbonyl (C=O) groups excluding carboxylic acids is 1. The van der Waals surface area contributed by atoms with E-state index in [2.05, 4.69) is 15.9 Å². The summed E-state index contributed by atoms with van der Waals surface area (Å²) in [4.78, 5) is 13.3. The molecule has 0 aliphatic heterocycles. The molecular formula is C11H14BrNO2. The van der Waals surface area contributed by atoms with Gasteiger partial charge in [0.25, 0.3) is 5.91 Å². The fraction of sp³-hybridized carbons (Fsp3) is 0.364. The maximum atomic E-state index is 11.9. The van der Waals surface area contributed by atoms with Crippen molar-refractivity contribution >= 4 is 21.8 Å². The van der Waals surface area contributed by atoms with Gasteiger partial charge in [0.05, 0.1) is 0 Å². The van der Waals surface area contributed by atoms with Gasteiger partial charge < -0.3 is 10.0 Å². The minimum atomic E-state index is -0.251. The van der Waals surface area contributed by atoms with Crippen molar-refractivity contribution in [1.29, 1.82) is 0 Å². The van der Waals surface area contributed by atoms with Crippen molar-refractivity contribution in [2.75, 3.05) is 18.6 Å². The molecule has 1 amide bonds. The first-order valence-corrected chi connectivity index (χ1v) is 5.84. The molecule has 4 heteroatoms. The van der Waals surface area contributed by atoms with E-state index in [9.17, 15) is 4.79 Å². The largest absolute Gasteiger partial charge is 0.376 e. The van der Waals surface area contributed by atoms with Gasteiger partial charge >= 0.3 is 0 Å². The Morgan fingerprint density at radius 3 is 2.67 bits per heavy atom. The third-order valence-electron chi connectivity index (χ3n) is 2.19. The van der Waals surface area contributed by atoms with E-state index >= 15 is 0 Å². The Bertz CT molecular complexity index is 341. The molecule has 0 bridgehead atoms. The van der Waals surface area contributed by atoms with Gasteiger partial charge in [0, 0.05) is 17.4 Å². The summed E-state index contributed by atoms with van der Waals surface area (Å²) in [5, 5.41) is 9.72. The summed E-state index contributed by atoms with van der Waals surface area (Å²) in [5.74, 6) is -0.130. The standard InChI is InChI=1S/C11H14BrNO2/c1-9-4-2-3-5-10(9)11(15)13(8-14)7-6-12/h2-5,14H,6-8H2,1H3. The van der Waals surface area contributed by atoms with Crippen LogP contribution >= 0.6 is 15.9 Å². The predicted molar refractivity (Wildman–Crippen MR) is 63.1 cm³/mol. The lowest BCUT2D eigenvalue weighted by Crippen LogP contribution is -2.33. The fourth-order valence-corrected chi connectivity index (χ4v) is 1.75. The molecule has 0 radical (unpaired) electrons. The van der Waals surface area contributed by atoms with E-state index in [1.165, 1.54) is 4.90 Å². The van der Waals surface area contributed by atoms with Crippen LogP contribution in [0.3, 0.4) is 0 Å². The molecule has 0 aromatic heterocycles. The highest BCUT2D eigenvalue weighted by molar-refractivity contribution is 9.09. The molecule has 82 valence electrons. The summed E-state index contributed by atoms with van der Waals surface area (Å²) in [6.45, 7) is 2.14. The van der Waals surface area contributed by atoms with Crippen LogP contribution in [-0.2, 0) is 0 Å². The summed E-state index contributed by atoms with van der Waals surface area (Å²) in [6.07, 6.45) is 0. The molecule has 1 aromatic rings. The van der Waals surface area contributed by atoms with Crippen molar-refractivity contribution in [2.24, 2.45) is 0 Å². The lowest BCUT2D eigenvalue weighted by Gasteiger charge is -2.19. The zero-order chi connectivity index (χ0) is 11.3. The first-order chi connectivity index (χ1) is 7.20. The van der Waals surface area contributed by atoms with Gasteiger partial charge in [-0.3, -0.25) is 4.79 Å². The van der Waals surface area contributed by atoms with Gasteiger partial charge in [-0.2, -0.15) is 0 Å². The molecule has 1 N–H and O–H groups in total. The second-order valence-electron chi connectivity index (χ2n) is 3.21. The van der Waals surface area contributed by atoms with Crippen LogP contribution in [0.25, 0.3) is 0 Å². The lowest BCUT2D eigenvalue weighted by molar-refractivity contribution is 0.0574. The second-order valence-corrected chi connectivity index (χ2v) is 4.01. The van der Waals surface area contributed by atoms with E-state index in [0.717, 1.165) is 5.56 Å². The van der Waals surface area contributed by atoms with E-state index < -0.39 is 0 Å². The van der Waals surface area contributed by atoms with E-state index in [-0.39, 0.29) is 12.6 Å². The van der Waals surface area contributed by atoms with Crippen molar-refractivity contribution in [3.8, 4) is 0 Å². The van der Waals surface area contributed by atoms with Crippen LogP contribution in [0.5, 0.6) is 0 Å². The molecule has 0 spiro atoms. The zero-order valence-corrected chi connectivity index (χ0v) is 10.2. The molecule has 1 aromatic carbocycles. The number of aryl methyl sites for hydroxylation is 1. The SMILES string of the molecule is Cc1ccccc1C(=O)N(CO)CCBr. The van der Waals surface area contributed by atoms with Crippen LogP contribution in [0.4, 0.5) is 0 Å². The zero-order valence-electron chi connectivity index (χ0n) is 8.61. The minimum absolute atomic E-state index is 0.130. The number of halogens is 1. The number of rotatable bonds is 4. The summed E-state index contributed by atoms with van der Waals surface area (Å²) < 4.78 is 0. The molecule has 1 rings (SSSR count). The summed E-state index contributed by atoms with van der Waals surface area (Å²) in [7, 11) is 0. The van der Waals surface area contributed by atoms with Gasteiger partial charge in [0.1, 0.15) is 6.73 Å². The van der Waals surface area contributed by atoms with E-state index in [1.807, 2.05) is 25.1 Å². The number of hydrogen-bond donors (Lipinski definition) is 1. The molecule has 0 fully saturated rings. The van der Waals surface area contributed by atoms with Crippen LogP contribution in [0.2, 0.25) is 0 Å². The Kier molecular flexibility index (Phi) is 4.78. The molecule has 0 unspecified atom stereocenters. The third-order valence-corrected chi connectivity index (χ3v) is 2.54. The Balaban J connectivity index is 2.88. The van der Waals surface area contributed by atoms with E-state index in [4.69, 9.17) is 5.11 Å². The first kappa shape index (κ1) is 12.2. The smallest absolute Gasteiger partial charge is 0.255 e. The Hall–Kier alpha value is -0.870. The van der Waals surface area contributed by atoms with E-state index in [1.54, 1.807) is 6.07 Å². The van der Waals surface area contributed by atoms with Crippen molar-refractivity contribution in [2.45, 2.75) is 6.92 Å². The van der Waals surface area contributed by atoms with Gasteiger partial charge in [-0.1, -0.05) is 34.1 Å². The minimum Gasteiger partial charge on any atom is -0.376 e. The molecule has 0 heterocycles. The average molecular weight is 272 g/mol. The molecule has 0 aliphatic carbocycles. The van der Waals surface area contributed by atoms with Gasteiger partial charge in [0.15, 0.2) is 0 Å². The highest BCUT2D eigenvalue weighted by Crippen LogP contribution is 2.10. The first-order valence-electron chi connectivity index (χ1n) is 4.72. The number of hydrogen-bond acceptors (Lipinski definition) is 2. The third kappa shape index (κ3) is 3.04. The van der Waals surface area contributed by atoms with Gasteiger partial charge in [-0.15, -0.1) is 0 Å². The number of aliphatic hydroxyl groups is 1. The molecule has 3 nitrogen and oxygen atoms in total. The number of carbonyl (C=O) groups is 1. The molecule has 0 atom stereocenters. The van der Waals surface area contributed by atoms with Crippen LogP contribution in [0.15, 0.2) is 24.3 Å². The van der Waals surface area contributed by atoms with Crippen LogP contribution < -0.4 is 0 Å². The summed E-state index contributed by atoms with van der Waals surface area (Å²) in [6, 6.07) is 7.37. The fourth-order valence-electron chi connectivity index (χ4n) is 1.32. The predicted octanol–water partition coefficient (Wildman–Crippen LogP) is 1.78. The topological polar surface area (TPSA) is 40.5 Å². The number of alkyl halides is 1. The number of aliphatic hydroxyl groups excluding tert-OH is 1. The molecule has 15 heavy (non-hydrogen) atoms. The summed E-state index contributed by atoms with van der Waals surface area (Å²) >= 11 is 3.25. The quantitative estimate of drug-likeness (QED) is 0.670. The van der Waals surface area contributed by atoms with Crippen molar-refractivity contribution in [3.05, 3.63) is 35.4 Å². The highest BCUT2D eigenvalue weighted by Gasteiger charge is 2.15. The molecule has 0 saturated carbocycles. The number of nitrogens with zero attached hydrogens (tertiary/aromatic N) is 1. The lowest BCUT2D eigenvalue weighted by atomic mass is 10.1. The Morgan fingerprint density at radius 1 is 1.47 bits per heavy atom. The number of amides is 1. The summed E-state index contributed by atoms with van der Waals surface area (Å²) in [5.41, 5.74) is 1.57. The second kappa shape index (κ2) is 5.88. The van der Waals surface area contributed by atoms with Crippen molar-refractivity contribution < 1.29 is 9.90 Å². The normalized spacial score (nSPS) is 10.1. The average Bonchev–Trinajstić information content (AvgIpc) is 2.25. The Morgan fingerprint density at radius 2 is 2.13 bits per heavy atom. The maximum absolute atomic E-state index is 11.9. The molecule has 0 aliphatic rings. The monoisotopic (exact) mass is 271 g/mol. The van der Waals surface area contributed by atoms with Crippen molar-refractivity contribution in [1.82, 2.24) is 4.90 Å². The Labute approximate surface area is 97.8 Å². The van der Waals surface area contributed by atoms with E-state index in [0.29, 0.717) is 17.4 Å².